The van der Waals surface area contributed by atoms with Crippen molar-refractivity contribution in [2.45, 2.75) is 57.9 Å². The molecule has 0 amide bonds. The fourth-order valence-electron chi connectivity index (χ4n) is 4.85. The molecule has 2 aliphatic rings. The highest BCUT2D eigenvalue weighted by atomic mass is 32.2. The van der Waals surface area contributed by atoms with Crippen molar-refractivity contribution in [2.75, 3.05) is 6.54 Å². The number of aromatic nitrogens is 1. The molecular formula is C29H38N2OS. The van der Waals surface area contributed by atoms with Crippen LogP contribution in [0.25, 0.3) is 18.2 Å². The van der Waals surface area contributed by atoms with Crippen molar-refractivity contribution >= 4 is 30.0 Å². The van der Waals surface area contributed by atoms with Gasteiger partial charge in [-0.2, -0.15) is 0 Å². The van der Waals surface area contributed by atoms with Gasteiger partial charge in [0.2, 0.25) is 0 Å². The van der Waals surface area contributed by atoms with E-state index >= 15 is 0 Å². The molecule has 3 atom stereocenters. The molecule has 3 nitrogen and oxygen atoms in total. The molecule has 4 rings (SSSR count). The van der Waals surface area contributed by atoms with Gasteiger partial charge in [0.1, 0.15) is 5.75 Å². The monoisotopic (exact) mass is 462 g/mol. The van der Waals surface area contributed by atoms with Crippen LogP contribution in [-0.4, -0.2) is 22.7 Å². The van der Waals surface area contributed by atoms with Gasteiger partial charge in [0, 0.05) is 21.5 Å². The summed E-state index contributed by atoms with van der Waals surface area (Å²) in [6, 6.07) is 7.14. The molecule has 4 heteroatoms. The molecule has 1 aromatic carbocycles. The molecule has 3 N–H and O–H groups in total. The smallest absolute Gasteiger partial charge is 0.144 e. The summed E-state index contributed by atoms with van der Waals surface area (Å²) < 4.78 is 0. The van der Waals surface area contributed by atoms with Gasteiger partial charge in [0.05, 0.1) is 5.69 Å². The van der Waals surface area contributed by atoms with E-state index in [-0.39, 0.29) is 0 Å². The van der Waals surface area contributed by atoms with Crippen molar-refractivity contribution in [1.82, 2.24) is 10.3 Å². The molecule has 0 radical (unpaired) electrons. The van der Waals surface area contributed by atoms with Crippen LogP contribution in [0.15, 0.2) is 53.3 Å². The lowest BCUT2D eigenvalue weighted by Gasteiger charge is -2.31. The Hall–Kier alpha value is -2.43. The highest BCUT2D eigenvalue weighted by molar-refractivity contribution is 8.03. The number of rotatable bonds is 6. The van der Waals surface area contributed by atoms with Gasteiger partial charge in [0.25, 0.3) is 0 Å². The predicted octanol–water partition coefficient (Wildman–Crippen LogP) is 5.68. The zero-order valence-electron chi connectivity index (χ0n) is 20.5. The van der Waals surface area contributed by atoms with E-state index in [1.54, 1.807) is 17.8 Å². The fraction of sp³-hybridized carbons (Fsp3) is 0.379. The molecule has 1 aromatic heterocycles. The molecule has 0 bridgehead atoms. The number of H-pyrrole nitrogens is 1. The van der Waals surface area contributed by atoms with Crippen LogP contribution in [0, 0.1) is 18.8 Å². The lowest BCUT2D eigenvalue weighted by atomic mass is 9.94. The zero-order chi connectivity index (χ0) is 24.1. The number of aromatic amines is 1. The lowest BCUT2D eigenvalue weighted by Crippen LogP contribution is -2.49. The second-order valence-electron chi connectivity index (χ2n) is 9.20. The molecule has 0 spiro atoms. The van der Waals surface area contributed by atoms with Crippen LogP contribution in [0.3, 0.4) is 0 Å². The van der Waals surface area contributed by atoms with Crippen molar-refractivity contribution in [1.29, 1.82) is 0 Å². The van der Waals surface area contributed by atoms with Gasteiger partial charge in [-0.1, -0.05) is 68.3 Å². The molecule has 2 heterocycles. The second-order valence-corrected chi connectivity index (χ2v) is 10.6. The predicted molar refractivity (Wildman–Crippen MR) is 145 cm³/mol. The topological polar surface area (TPSA) is 48.0 Å². The normalized spacial score (nSPS) is 22.2. The lowest BCUT2D eigenvalue weighted by molar-refractivity contribution is 0.274. The van der Waals surface area contributed by atoms with E-state index in [4.69, 9.17) is 0 Å². The number of aryl methyl sites for hydroxylation is 2. The Morgan fingerprint density at radius 3 is 2.52 bits per heavy atom. The van der Waals surface area contributed by atoms with E-state index < -0.39 is 0 Å². The van der Waals surface area contributed by atoms with Gasteiger partial charge >= 0.3 is 0 Å². The van der Waals surface area contributed by atoms with Gasteiger partial charge in [-0.3, -0.25) is 0 Å². The van der Waals surface area contributed by atoms with Crippen LogP contribution < -0.4 is 15.9 Å². The number of hydrogen-bond donors (Lipinski definition) is 3. The van der Waals surface area contributed by atoms with Crippen molar-refractivity contribution in [2.24, 2.45) is 11.8 Å². The van der Waals surface area contributed by atoms with Crippen LogP contribution in [-0.2, 0) is 6.42 Å². The number of benzene rings is 1. The quantitative estimate of drug-likeness (QED) is 0.382. The van der Waals surface area contributed by atoms with E-state index in [9.17, 15) is 5.11 Å². The van der Waals surface area contributed by atoms with Crippen LogP contribution in [0.1, 0.15) is 50.4 Å². The minimum atomic E-state index is 0.423. The summed E-state index contributed by atoms with van der Waals surface area (Å²) in [6.07, 6.45) is 9.09. The third-order valence-corrected chi connectivity index (χ3v) is 7.61. The van der Waals surface area contributed by atoms with E-state index in [2.05, 4.69) is 68.2 Å². The summed E-state index contributed by atoms with van der Waals surface area (Å²) in [6.45, 7) is 21.1. The number of hydrogen-bond acceptors (Lipinski definition) is 3. The molecule has 1 aliphatic heterocycles. The zero-order valence-corrected chi connectivity index (χ0v) is 21.3. The molecule has 176 valence electrons. The van der Waals surface area contributed by atoms with E-state index in [0.29, 0.717) is 17.7 Å². The summed E-state index contributed by atoms with van der Waals surface area (Å²) >= 11 is 1.71. The largest absolute Gasteiger partial charge is 0.505 e. The van der Waals surface area contributed by atoms with Crippen molar-refractivity contribution in [3.8, 4) is 5.75 Å². The van der Waals surface area contributed by atoms with Crippen LogP contribution in [0.5, 0.6) is 5.75 Å². The minimum absolute atomic E-state index is 0.423. The average Bonchev–Trinajstić information content (AvgIpc) is 3.21. The number of aromatic hydroxyl groups is 1. The molecule has 1 saturated carbocycles. The highest BCUT2D eigenvalue weighted by Gasteiger charge is 2.40. The van der Waals surface area contributed by atoms with Gasteiger partial charge in [-0.05, 0) is 86.6 Å². The first kappa shape index (κ1) is 25.2. The van der Waals surface area contributed by atoms with E-state index in [0.717, 1.165) is 33.5 Å². The minimum Gasteiger partial charge on any atom is -0.505 e. The van der Waals surface area contributed by atoms with Crippen molar-refractivity contribution in [3.63, 3.8) is 0 Å². The fourth-order valence-corrected chi connectivity index (χ4v) is 5.62. The third kappa shape index (κ3) is 5.93. The maximum atomic E-state index is 10.3. The molecule has 1 saturated heterocycles. The first-order chi connectivity index (χ1) is 15.7. The second kappa shape index (κ2) is 11.1. The standard InChI is InChI=1S/C15H22N2O.C14H16S/c1-4-12-15(18)14(9(3)17-12)8(2)10-5-11-7-16-13(11)6-10;1-5-6-7-13-8-9-14(10-12(13)4)15-11(2)3/h10-11,13,16-18H,3-7H2,1-2H3;5-10H,1-2H2,3-4H3/b14-8-;7-6-. The third-order valence-electron chi connectivity index (χ3n) is 6.77. The molecule has 33 heavy (non-hydrogen) atoms. The molecule has 2 aromatic rings. The Bertz CT molecular complexity index is 1150. The van der Waals surface area contributed by atoms with Gasteiger partial charge in [0.15, 0.2) is 0 Å². The van der Waals surface area contributed by atoms with Gasteiger partial charge < -0.3 is 15.4 Å². The number of nitrogens with one attached hydrogen (secondary N) is 2. The molecule has 1 aliphatic carbocycles. The maximum Gasteiger partial charge on any atom is 0.144 e. The highest BCUT2D eigenvalue weighted by Crippen LogP contribution is 2.40. The summed E-state index contributed by atoms with van der Waals surface area (Å²) in [5.74, 6) is 1.87. The average molecular weight is 463 g/mol. The van der Waals surface area contributed by atoms with Crippen LogP contribution in [0.4, 0.5) is 0 Å². The van der Waals surface area contributed by atoms with E-state index in [1.807, 2.05) is 19.9 Å². The van der Waals surface area contributed by atoms with Crippen LogP contribution in [0.2, 0.25) is 0 Å². The van der Waals surface area contributed by atoms with Crippen molar-refractivity contribution < 1.29 is 5.11 Å². The summed E-state index contributed by atoms with van der Waals surface area (Å²) in [5, 5.41) is 15.6. The molecular weight excluding hydrogens is 424 g/mol. The van der Waals surface area contributed by atoms with Crippen LogP contribution >= 0.6 is 11.8 Å². The first-order valence-corrected chi connectivity index (χ1v) is 12.6. The Morgan fingerprint density at radius 1 is 1.27 bits per heavy atom. The summed E-state index contributed by atoms with van der Waals surface area (Å²) in [5.41, 5.74) is 4.73. The molecule has 2 fully saturated rings. The van der Waals surface area contributed by atoms with Crippen molar-refractivity contribution in [3.05, 3.63) is 75.8 Å². The Morgan fingerprint density at radius 2 is 2.03 bits per heavy atom. The van der Waals surface area contributed by atoms with E-state index in [1.165, 1.54) is 41.0 Å². The Labute approximate surface area is 203 Å². The van der Waals surface area contributed by atoms with Gasteiger partial charge in [-0.15, -0.1) is 0 Å². The number of fused-ring (bicyclic) bond motifs is 1. The summed E-state index contributed by atoms with van der Waals surface area (Å²) in [7, 11) is 0. The Kier molecular flexibility index (Phi) is 8.50. The van der Waals surface area contributed by atoms with Gasteiger partial charge in [-0.25, -0.2) is 0 Å². The maximum absolute atomic E-state index is 10.3. The SMILES string of the molecule is C=C/C=C\c1ccc(SC(=C)C)cc1C.C=c1[nH]c(CC)c(O)/c1=C(/C)C1CC2CNC2C1. The number of thioether (sulfide) groups is 1. The Balaban J connectivity index is 0.000000190. The summed E-state index contributed by atoms with van der Waals surface area (Å²) in [4.78, 5) is 5.57. The number of allylic oxidation sites excluding steroid dienone is 3. The molecule has 3 unspecified atom stereocenters. The first-order valence-electron chi connectivity index (χ1n) is 11.8.